The summed E-state index contributed by atoms with van der Waals surface area (Å²) in [7, 11) is 1.63. The number of ether oxygens (including phenoxy) is 3. The van der Waals surface area contributed by atoms with Gasteiger partial charge in [-0.1, -0.05) is 111 Å². The molecule has 1 N–H and O–H groups in total. The molecule has 0 bridgehead atoms. The van der Waals surface area contributed by atoms with E-state index in [-0.39, 0.29) is 23.9 Å². The van der Waals surface area contributed by atoms with Crippen LogP contribution in [0.25, 0.3) is 0 Å². The number of unbranched alkanes of at least 4 members (excludes halogenated alkanes) is 15. The van der Waals surface area contributed by atoms with Crippen LogP contribution in [0, 0.1) is 5.41 Å². The lowest BCUT2D eigenvalue weighted by Crippen LogP contribution is -2.41. The Labute approximate surface area is 309 Å². The van der Waals surface area contributed by atoms with Gasteiger partial charge in [0.05, 0.1) is 18.6 Å². The van der Waals surface area contributed by atoms with Crippen LogP contribution in [0.15, 0.2) is 0 Å². The predicted molar refractivity (Wildman–Crippen MR) is 208 cm³/mol. The van der Waals surface area contributed by atoms with E-state index in [4.69, 9.17) is 14.2 Å². The first kappa shape index (κ1) is 48.3. The minimum absolute atomic E-state index is 0.0143. The minimum atomic E-state index is -0.526. The Hall–Kier alpha value is -1.67. The van der Waals surface area contributed by atoms with Crippen molar-refractivity contribution in [2.75, 3.05) is 46.5 Å². The molecule has 1 amide bonds. The largest absolute Gasteiger partial charge is 0.466 e. The number of hydrogen-bond donors (Lipinski definition) is 1. The Morgan fingerprint density at radius 1 is 0.600 bits per heavy atom. The average Bonchev–Trinajstić information content (AvgIpc) is 3.09. The highest BCUT2D eigenvalue weighted by Crippen LogP contribution is 2.17. The summed E-state index contributed by atoms with van der Waals surface area (Å²) < 4.78 is 16.5. The highest BCUT2D eigenvalue weighted by atomic mass is 16.5. The lowest BCUT2D eigenvalue weighted by atomic mass is 9.93. The van der Waals surface area contributed by atoms with Crippen LogP contribution in [-0.4, -0.2) is 75.4 Å². The van der Waals surface area contributed by atoms with E-state index in [0.717, 1.165) is 122 Å². The Kier molecular flexibility index (Phi) is 33.3. The third-order valence-corrected chi connectivity index (χ3v) is 9.59. The molecular weight excluding hydrogens is 628 g/mol. The van der Waals surface area contributed by atoms with Crippen LogP contribution in [0.2, 0.25) is 0 Å². The van der Waals surface area contributed by atoms with Crippen LogP contribution in [0.3, 0.4) is 0 Å². The maximum atomic E-state index is 12.6. The first-order chi connectivity index (χ1) is 24.2. The number of esters is 2. The lowest BCUT2D eigenvalue weighted by Gasteiger charge is -2.24. The monoisotopic (exact) mass is 711 g/mol. The molecule has 0 aliphatic heterocycles. The summed E-state index contributed by atoms with van der Waals surface area (Å²) in [6.07, 6.45) is 26.6. The zero-order chi connectivity index (χ0) is 37.1. The average molecular weight is 711 g/mol. The van der Waals surface area contributed by atoms with Crippen LogP contribution in [0.4, 0.5) is 0 Å². The summed E-state index contributed by atoms with van der Waals surface area (Å²) in [5.41, 5.74) is -0.526. The molecule has 0 aliphatic carbocycles. The molecule has 296 valence electrons. The molecule has 1 unspecified atom stereocenters. The van der Waals surface area contributed by atoms with E-state index in [1.54, 1.807) is 7.11 Å². The number of methoxy groups -OCH3 is 1. The summed E-state index contributed by atoms with van der Waals surface area (Å²) in [6, 6.07) is 0. The molecule has 0 saturated heterocycles. The summed E-state index contributed by atoms with van der Waals surface area (Å²) in [6.45, 7) is 15.2. The standard InChI is InChI=1S/C42H82N2O6/c1-7-10-13-20-26-36-49-39(45)30-22-16-14-18-24-33-44(35-27-32-43-41(47)42(4,5)37-48-6)34-25-19-15-17-23-31-40(46)50-38(28-12-9-3)29-21-11-8-2/h38H,7-37H2,1-6H3,(H,43,47). The van der Waals surface area contributed by atoms with Gasteiger partial charge in [-0.2, -0.15) is 0 Å². The molecule has 0 aromatic rings. The number of rotatable bonds is 37. The van der Waals surface area contributed by atoms with E-state index in [9.17, 15) is 14.4 Å². The lowest BCUT2D eigenvalue weighted by molar-refractivity contribution is -0.150. The van der Waals surface area contributed by atoms with Crippen LogP contribution in [0.5, 0.6) is 0 Å². The topological polar surface area (TPSA) is 94.2 Å². The van der Waals surface area contributed by atoms with Crippen molar-refractivity contribution in [3.63, 3.8) is 0 Å². The quantitative estimate of drug-likeness (QED) is 0.0507. The number of nitrogens with zero attached hydrogens (tertiary/aromatic N) is 1. The maximum absolute atomic E-state index is 12.6. The first-order valence-electron chi connectivity index (χ1n) is 21.0. The third-order valence-electron chi connectivity index (χ3n) is 9.59. The first-order valence-corrected chi connectivity index (χ1v) is 21.0. The Morgan fingerprint density at radius 2 is 1.10 bits per heavy atom. The smallest absolute Gasteiger partial charge is 0.306 e. The summed E-state index contributed by atoms with van der Waals surface area (Å²) in [5, 5.41) is 3.10. The van der Waals surface area contributed by atoms with Crippen LogP contribution >= 0.6 is 0 Å². The van der Waals surface area contributed by atoms with Gasteiger partial charge in [0.15, 0.2) is 0 Å². The van der Waals surface area contributed by atoms with Gasteiger partial charge < -0.3 is 24.4 Å². The number of carbonyl (C=O) groups is 3. The molecule has 0 rings (SSSR count). The Morgan fingerprint density at radius 3 is 1.72 bits per heavy atom. The van der Waals surface area contributed by atoms with E-state index in [1.807, 2.05) is 13.8 Å². The van der Waals surface area contributed by atoms with Gasteiger partial charge >= 0.3 is 11.9 Å². The van der Waals surface area contributed by atoms with Gasteiger partial charge in [0.25, 0.3) is 0 Å². The van der Waals surface area contributed by atoms with E-state index in [0.29, 0.717) is 32.6 Å². The molecule has 8 heteroatoms. The molecular formula is C42H82N2O6. The van der Waals surface area contributed by atoms with E-state index in [2.05, 4.69) is 31.0 Å². The van der Waals surface area contributed by atoms with Gasteiger partial charge in [0.2, 0.25) is 5.91 Å². The van der Waals surface area contributed by atoms with Crippen molar-refractivity contribution in [2.45, 2.75) is 201 Å². The number of carbonyl (C=O) groups excluding carboxylic acids is 3. The minimum Gasteiger partial charge on any atom is -0.466 e. The maximum Gasteiger partial charge on any atom is 0.306 e. The van der Waals surface area contributed by atoms with Crippen molar-refractivity contribution in [1.82, 2.24) is 10.2 Å². The fraction of sp³-hybridized carbons (Fsp3) is 0.929. The number of nitrogens with one attached hydrogen (secondary N) is 1. The van der Waals surface area contributed by atoms with Crippen LogP contribution < -0.4 is 5.32 Å². The molecule has 8 nitrogen and oxygen atoms in total. The van der Waals surface area contributed by atoms with Crippen molar-refractivity contribution < 1.29 is 28.6 Å². The molecule has 1 atom stereocenters. The molecule has 0 aliphatic rings. The van der Waals surface area contributed by atoms with Crippen molar-refractivity contribution in [1.29, 1.82) is 0 Å². The third kappa shape index (κ3) is 30.0. The molecule has 0 saturated carbocycles. The molecule has 0 heterocycles. The van der Waals surface area contributed by atoms with E-state index >= 15 is 0 Å². The molecule has 0 aromatic carbocycles. The second-order valence-corrected chi connectivity index (χ2v) is 15.2. The van der Waals surface area contributed by atoms with Gasteiger partial charge in [-0.05, 0) is 91.3 Å². The molecule has 50 heavy (non-hydrogen) atoms. The fourth-order valence-electron chi connectivity index (χ4n) is 6.30. The van der Waals surface area contributed by atoms with Gasteiger partial charge in [-0.3, -0.25) is 14.4 Å². The predicted octanol–water partition coefficient (Wildman–Crippen LogP) is 10.3. The second kappa shape index (κ2) is 34.4. The summed E-state index contributed by atoms with van der Waals surface area (Å²) >= 11 is 0. The van der Waals surface area contributed by atoms with Gasteiger partial charge in [-0.25, -0.2) is 0 Å². The fourth-order valence-corrected chi connectivity index (χ4v) is 6.30. The molecule has 0 radical (unpaired) electrons. The number of amides is 1. The van der Waals surface area contributed by atoms with Crippen molar-refractivity contribution in [3.05, 3.63) is 0 Å². The molecule has 0 spiro atoms. The zero-order valence-corrected chi connectivity index (χ0v) is 33.9. The van der Waals surface area contributed by atoms with Gasteiger partial charge in [-0.15, -0.1) is 0 Å². The van der Waals surface area contributed by atoms with Crippen molar-refractivity contribution in [3.8, 4) is 0 Å². The van der Waals surface area contributed by atoms with Gasteiger partial charge in [0, 0.05) is 26.5 Å². The molecule has 0 fully saturated rings. The highest BCUT2D eigenvalue weighted by Gasteiger charge is 2.27. The normalized spacial score (nSPS) is 12.3. The van der Waals surface area contributed by atoms with E-state index in [1.165, 1.54) is 44.9 Å². The van der Waals surface area contributed by atoms with Crippen molar-refractivity contribution >= 4 is 17.8 Å². The van der Waals surface area contributed by atoms with Crippen LogP contribution in [0.1, 0.15) is 195 Å². The number of hydrogen-bond acceptors (Lipinski definition) is 7. The van der Waals surface area contributed by atoms with Crippen molar-refractivity contribution in [2.24, 2.45) is 5.41 Å². The summed E-state index contributed by atoms with van der Waals surface area (Å²) in [4.78, 5) is 39.6. The Balaban J connectivity index is 4.40. The summed E-state index contributed by atoms with van der Waals surface area (Å²) in [5.74, 6) is -0.0173. The highest BCUT2D eigenvalue weighted by molar-refractivity contribution is 5.81. The molecule has 0 aromatic heterocycles. The SMILES string of the molecule is CCCCCCCOC(=O)CCCCCCCN(CCCCCCCC(=O)OC(CCCC)CCCCC)CCCNC(=O)C(C)(C)COC. The second-order valence-electron chi connectivity index (χ2n) is 15.2. The Bertz CT molecular complexity index is 805. The van der Waals surface area contributed by atoms with E-state index < -0.39 is 5.41 Å². The van der Waals surface area contributed by atoms with Crippen LogP contribution in [-0.2, 0) is 28.6 Å². The van der Waals surface area contributed by atoms with Gasteiger partial charge in [0.1, 0.15) is 6.10 Å². The zero-order valence-electron chi connectivity index (χ0n) is 33.9.